The van der Waals surface area contributed by atoms with E-state index in [1.54, 1.807) is 41.1 Å². The maximum absolute atomic E-state index is 14.4. The number of sulfonamides is 1. The smallest absolute Gasteiger partial charge is 0.336 e. The number of carbonyl (C=O) groups is 1. The van der Waals surface area contributed by atoms with Gasteiger partial charge in [0.25, 0.3) is 0 Å². The summed E-state index contributed by atoms with van der Waals surface area (Å²) in [5, 5.41) is 0.958. The van der Waals surface area contributed by atoms with E-state index in [1.165, 1.54) is 13.2 Å². The van der Waals surface area contributed by atoms with Gasteiger partial charge in [-0.15, -0.1) is 0 Å². The third-order valence-corrected chi connectivity index (χ3v) is 5.68. The van der Waals surface area contributed by atoms with E-state index in [1.807, 2.05) is 6.92 Å². The van der Waals surface area contributed by atoms with E-state index >= 15 is 0 Å². The van der Waals surface area contributed by atoms with Crippen LogP contribution >= 0.6 is 11.6 Å². The molecule has 9 heteroatoms. The van der Waals surface area contributed by atoms with Gasteiger partial charge in [0, 0.05) is 16.6 Å². The van der Waals surface area contributed by atoms with Crippen molar-refractivity contribution in [3.63, 3.8) is 0 Å². The number of ether oxygens (including phenoxy) is 1. The summed E-state index contributed by atoms with van der Waals surface area (Å²) >= 11 is 6.00. The zero-order chi connectivity index (χ0) is 21.4. The minimum absolute atomic E-state index is 0.0900. The predicted molar refractivity (Wildman–Crippen MR) is 111 cm³/mol. The molecule has 154 valence electrons. The normalized spacial score (nSPS) is 13.8. The van der Waals surface area contributed by atoms with Crippen molar-refractivity contribution in [3.8, 4) is 0 Å². The third-order valence-electron chi connectivity index (χ3n) is 4.84. The fourth-order valence-electron chi connectivity index (χ4n) is 3.59. The Morgan fingerprint density at radius 3 is 2.45 bits per heavy atom. The largest absolute Gasteiger partial charge is 0.467 e. The summed E-state index contributed by atoms with van der Waals surface area (Å²) in [5.41, 5.74) is -0.252. The lowest BCUT2D eigenvalue weighted by molar-refractivity contribution is -0.149. The van der Waals surface area contributed by atoms with Gasteiger partial charge in [-0.2, -0.15) is 0 Å². The maximum Gasteiger partial charge on any atom is 0.336 e. The number of methoxy groups -OCH3 is 1. The number of hydrogen-bond donors (Lipinski definition) is 1. The van der Waals surface area contributed by atoms with Gasteiger partial charge in [0.1, 0.15) is 5.82 Å². The van der Waals surface area contributed by atoms with Crippen molar-refractivity contribution < 1.29 is 22.3 Å². The second-order valence-corrected chi connectivity index (χ2v) is 8.84. The molecule has 3 rings (SSSR count). The molecule has 0 spiro atoms. The van der Waals surface area contributed by atoms with Crippen molar-refractivity contribution >= 4 is 44.2 Å². The number of anilines is 1. The standard InChI is InChI=1S/C20H20ClFN2O4S/c1-4-20(19(25)28-2,13-5-7-14(21)8-6-13)24-10-9-16-17(23-29(3,26)27)11-15(22)12-18(16)24/h5-12,23H,4H2,1-3H3. The molecule has 0 fully saturated rings. The van der Waals surface area contributed by atoms with Crippen molar-refractivity contribution in [2.24, 2.45) is 0 Å². The average Bonchev–Trinajstić information content (AvgIpc) is 3.07. The van der Waals surface area contributed by atoms with E-state index in [0.717, 1.165) is 12.3 Å². The van der Waals surface area contributed by atoms with E-state index < -0.39 is 27.3 Å². The van der Waals surface area contributed by atoms with E-state index in [2.05, 4.69) is 4.72 Å². The summed E-state index contributed by atoms with van der Waals surface area (Å²) in [7, 11) is -2.34. The van der Waals surface area contributed by atoms with Crippen LogP contribution in [-0.4, -0.2) is 32.3 Å². The number of halogens is 2. The zero-order valence-corrected chi connectivity index (χ0v) is 17.6. The number of aromatic nitrogens is 1. The summed E-state index contributed by atoms with van der Waals surface area (Å²) < 4.78 is 46.8. The molecule has 0 radical (unpaired) electrons. The Labute approximate surface area is 173 Å². The molecule has 1 heterocycles. The summed E-state index contributed by atoms with van der Waals surface area (Å²) in [4.78, 5) is 13.0. The molecular weight excluding hydrogens is 419 g/mol. The molecule has 0 aliphatic rings. The molecule has 1 N–H and O–H groups in total. The quantitative estimate of drug-likeness (QED) is 0.587. The maximum atomic E-state index is 14.4. The second kappa shape index (κ2) is 7.68. The molecule has 0 aliphatic heterocycles. The highest BCUT2D eigenvalue weighted by molar-refractivity contribution is 7.92. The Balaban J connectivity index is 2.35. The lowest BCUT2D eigenvalue weighted by Crippen LogP contribution is -2.43. The van der Waals surface area contributed by atoms with Crippen LogP contribution in [0.5, 0.6) is 0 Å². The van der Waals surface area contributed by atoms with E-state index in [0.29, 0.717) is 27.9 Å². The van der Waals surface area contributed by atoms with Crippen molar-refractivity contribution in [3.05, 3.63) is 65.1 Å². The van der Waals surface area contributed by atoms with Crippen LogP contribution in [0, 0.1) is 5.82 Å². The van der Waals surface area contributed by atoms with Gasteiger partial charge in [0.05, 0.1) is 24.6 Å². The van der Waals surface area contributed by atoms with Gasteiger partial charge in [-0.1, -0.05) is 30.7 Å². The molecular formula is C20H20ClFN2O4S. The lowest BCUT2D eigenvalue weighted by atomic mass is 9.86. The molecule has 6 nitrogen and oxygen atoms in total. The molecule has 1 aromatic heterocycles. The first-order chi connectivity index (χ1) is 13.6. The monoisotopic (exact) mass is 438 g/mol. The van der Waals surface area contributed by atoms with Crippen molar-refractivity contribution in [2.45, 2.75) is 18.9 Å². The Morgan fingerprint density at radius 1 is 1.24 bits per heavy atom. The van der Waals surface area contributed by atoms with Crippen LogP contribution in [0.25, 0.3) is 10.9 Å². The predicted octanol–water partition coefficient (Wildman–Crippen LogP) is 4.13. The van der Waals surface area contributed by atoms with Crippen LogP contribution in [0.1, 0.15) is 18.9 Å². The van der Waals surface area contributed by atoms with Crippen molar-refractivity contribution in [1.82, 2.24) is 4.57 Å². The molecule has 29 heavy (non-hydrogen) atoms. The van der Waals surface area contributed by atoms with Gasteiger partial charge in [-0.3, -0.25) is 4.72 Å². The zero-order valence-electron chi connectivity index (χ0n) is 16.1. The topological polar surface area (TPSA) is 77.4 Å². The van der Waals surface area contributed by atoms with Crippen LogP contribution in [0.3, 0.4) is 0 Å². The van der Waals surface area contributed by atoms with Crippen LogP contribution in [0.15, 0.2) is 48.7 Å². The first kappa shape index (κ1) is 21.1. The number of nitrogens with zero attached hydrogens (tertiary/aromatic N) is 1. The first-order valence-corrected chi connectivity index (χ1v) is 11.0. The number of fused-ring (bicyclic) bond motifs is 1. The molecule has 0 saturated heterocycles. The van der Waals surface area contributed by atoms with E-state index in [4.69, 9.17) is 16.3 Å². The number of esters is 1. The van der Waals surface area contributed by atoms with E-state index in [9.17, 15) is 17.6 Å². The van der Waals surface area contributed by atoms with Crippen molar-refractivity contribution in [1.29, 1.82) is 0 Å². The van der Waals surface area contributed by atoms with Crippen LogP contribution in [-0.2, 0) is 25.1 Å². The molecule has 1 unspecified atom stereocenters. The van der Waals surface area contributed by atoms with Crippen LogP contribution in [0.4, 0.5) is 10.1 Å². The molecule has 0 aliphatic carbocycles. The van der Waals surface area contributed by atoms with Gasteiger partial charge >= 0.3 is 5.97 Å². The van der Waals surface area contributed by atoms with E-state index in [-0.39, 0.29) is 5.69 Å². The third kappa shape index (κ3) is 3.82. The minimum atomic E-state index is -3.63. The number of carbonyl (C=O) groups excluding carboxylic acids is 1. The molecule has 1 atom stereocenters. The molecule has 2 aromatic carbocycles. The Kier molecular flexibility index (Phi) is 5.60. The Morgan fingerprint density at radius 2 is 1.90 bits per heavy atom. The fourth-order valence-corrected chi connectivity index (χ4v) is 4.29. The SMILES string of the molecule is CCC(C(=O)OC)(c1ccc(Cl)cc1)n1ccc2c(NS(C)(=O)=O)cc(F)cc21. The highest BCUT2D eigenvalue weighted by Gasteiger charge is 2.42. The van der Waals surface area contributed by atoms with Crippen LogP contribution < -0.4 is 4.72 Å². The molecule has 0 saturated carbocycles. The fraction of sp³-hybridized carbons (Fsp3) is 0.250. The van der Waals surface area contributed by atoms with Gasteiger partial charge in [-0.25, -0.2) is 17.6 Å². The lowest BCUT2D eigenvalue weighted by Gasteiger charge is -2.33. The number of hydrogen-bond acceptors (Lipinski definition) is 4. The molecule has 3 aromatic rings. The Bertz CT molecular complexity index is 1180. The van der Waals surface area contributed by atoms with Gasteiger partial charge in [-0.05, 0) is 42.3 Å². The number of rotatable bonds is 6. The molecule has 0 bridgehead atoms. The highest BCUT2D eigenvalue weighted by Crippen LogP contribution is 2.38. The van der Waals surface area contributed by atoms with Crippen LogP contribution in [0.2, 0.25) is 5.02 Å². The molecule has 0 amide bonds. The summed E-state index contributed by atoms with van der Waals surface area (Å²) in [5.74, 6) is -1.18. The van der Waals surface area contributed by atoms with Gasteiger partial charge in [0.2, 0.25) is 10.0 Å². The number of benzene rings is 2. The van der Waals surface area contributed by atoms with Gasteiger partial charge < -0.3 is 9.30 Å². The average molecular weight is 439 g/mol. The summed E-state index contributed by atoms with van der Waals surface area (Å²) in [6.07, 6.45) is 2.91. The summed E-state index contributed by atoms with van der Waals surface area (Å²) in [6.45, 7) is 1.81. The summed E-state index contributed by atoms with van der Waals surface area (Å²) in [6, 6.07) is 10.7. The number of nitrogens with one attached hydrogen (secondary N) is 1. The van der Waals surface area contributed by atoms with Gasteiger partial charge in [0.15, 0.2) is 5.54 Å². The highest BCUT2D eigenvalue weighted by atomic mass is 35.5. The Hall–Kier alpha value is -2.58. The second-order valence-electron chi connectivity index (χ2n) is 6.66. The first-order valence-electron chi connectivity index (χ1n) is 8.75. The minimum Gasteiger partial charge on any atom is -0.467 e. The van der Waals surface area contributed by atoms with Crippen molar-refractivity contribution in [2.75, 3.05) is 18.1 Å².